The Morgan fingerprint density at radius 3 is 2.47 bits per heavy atom. The number of thiocarbonyl (C=S) groups is 1. The molecule has 172 valence electrons. The minimum absolute atomic E-state index is 0.148. The summed E-state index contributed by atoms with van der Waals surface area (Å²) in [5.41, 5.74) is 5.28. The molecule has 1 fully saturated rings. The molecule has 2 aromatic heterocycles. The molecule has 3 N–H and O–H groups in total. The van der Waals surface area contributed by atoms with Crippen LogP contribution in [0.1, 0.15) is 34.7 Å². The molecule has 0 amide bonds. The lowest BCUT2D eigenvalue weighted by atomic mass is 9.96. The van der Waals surface area contributed by atoms with Crippen LogP contribution >= 0.6 is 23.8 Å². The predicted octanol–water partition coefficient (Wildman–Crippen LogP) is 5.73. The van der Waals surface area contributed by atoms with Crippen molar-refractivity contribution in [2.45, 2.75) is 25.9 Å². The zero-order chi connectivity index (χ0) is 24.0. The maximum absolute atomic E-state index is 10.6. The Bertz CT molecular complexity index is 1370. The van der Waals surface area contributed by atoms with Gasteiger partial charge >= 0.3 is 0 Å². The number of halogens is 1. The molecular formula is C26H23ClN4O2S. The second kappa shape index (κ2) is 8.66. The molecule has 0 spiro atoms. The van der Waals surface area contributed by atoms with Crippen molar-refractivity contribution in [1.82, 2.24) is 14.9 Å². The van der Waals surface area contributed by atoms with Crippen LogP contribution in [0.2, 0.25) is 5.02 Å². The van der Waals surface area contributed by atoms with E-state index >= 15 is 0 Å². The second-order valence-electron chi connectivity index (χ2n) is 8.31. The fourth-order valence-corrected chi connectivity index (χ4v) is 5.21. The van der Waals surface area contributed by atoms with E-state index in [1.807, 2.05) is 48.7 Å². The zero-order valence-electron chi connectivity index (χ0n) is 18.6. The molecule has 0 radical (unpaired) electrons. The minimum Gasteiger partial charge on any atom is -0.508 e. The number of benzene rings is 2. The van der Waals surface area contributed by atoms with E-state index in [1.165, 1.54) is 0 Å². The molecule has 8 heteroatoms. The van der Waals surface area contributed by atoms with Gasteiger partial charge in [-0.05, 0) is 92.3 Å². The van der Waals surface area contributed by atoms with Crippen LogP contribution in [0.5, 0.6) is 11.5 Å². The summed E-state index contributed by atoms with van der Waals surface area (Å²) in [6.07, 6.45) is 1.77. The largest absolute Gasteiger partial charge is 0.508 e. The first-order valence-electron chi connectivity index (χ1n) is 10.8. The normalized spacial score (nSPS) is 17.7. The third kappa shape index (κ3) is 3.77. The molecule has 1 aliphatic rings. The van der Waals surface area contributed by atoms with Crippen molar-refractivity contribution in [2.24, 2.45) is 0 Å². The first kappa shape index (κ1) is 22.3. The summed E-state index contributed by atoms with van der Waals surface area (Å²) >= 11 is 12.0. The molecule has 34 heavy (non-hydrogen) atoms. The average Bonchev–Trinajstić information content (AvgIpc) is 3.32. The Hall–Kier alpha value is -3.55. The first-order valence-corrected chi connectivity index (χ1v) is 11.6. The van der Waals surface area contributed by atoms with Crippen LogP contribution in [-0.2, 0) is 0 Å². The lowest BCUT2D eigenvalue weighted by molar-refractivity contribution is 0.471. The van der Waals surface area contributed by atoms with Gasteiger partial charge in [0, 0.05) is 28.3 Å². The molecule has 0 aliphatic carbocycles. The Labute approximate surface area is 208 Å². The number of rotatable bonds is 4. The van der Waals surface area contributed by atoms with Gasteiger partial charge in [0.2, 0.25) is 0 Å². The Morgan fingerprint density at radius 2 is 1.76 bits per heavy atom. The molecule has 6 nitrogen and oxygen atoms in total. The van der Waals surface area contributed by atoms with Gasteiger partial charge < -0.3 is 25.0 Å². The molecule has 3 heterocycles. The molecular weight excluding hydrogens is 468 g/mol. The van der Waals surface area contributed by atoms with Gasteiger partial charge in [-0.25, -0.2) is 0 Å². The van der Waals surface area contributed by atoms with Crippen molar-refractivity contribution in [1.29, 1.82) is 0 Å². The number of hydrogen-bond acceptors (Lipinski definition) is 4. The summed E-state index contributed by atoms with van der Waals surface area (Å²) in [6.45, 7) is 4.02. The predicted molar refractivity (Wildman–Crippen MR) is 138 cm³/mol. The van der Waals surface area contributed by atoms with Crippen molar-refractivity contribution < 1.29 is 10.2 Å². The molecule has 4 aromatic rings. The summed E-state index contributed by atoms with van der Waals surface area (Å²) in [5.74, 6) is 0.337. The van der Waals surface area contributed by atoms with Gasteiger partial charge in [-0.3, -0.25) is 4.98 Å². The molecule has 5 rings (SSSR count). The molecule has 0 saturated carbocycles. The summed E-state index contributed by atoms with van der Waals surface area (Å²) in [5, 5.41) is 25.0. The van der Waals surface area contributed by atoms with Gasteiger partial charge in [0.05, 0.1) is 23.5 Å². The summed E-state index contributed by atoms with van der Waals surface area (Å²) in [6, 6.07) is 19.5. The number of aromatic hydroxyl groups is 2. The van der Waals surface area contributed by atoms with Gasteiger partial charge in [-0.15, -0.1) is 0 Å². The molecule has 2 atom stereocenters. The van der Waals surface area contributed by atoms with Crippen LogP contribution in [-0.4, -0.2) is 24.9 Å². The highest BCUT2D eigenvalue weighted by molar-refractivity contribution is 7.80. The van der Waals surface area contributed by atoms with Crippen LogP contribution in [0, 0.1) is 13.8 Å². The van der Waals surface area contributed by atoms with Crippen molar-refractivity contribution in [3.8, 4) is 17.2 Å². The van der Waals surface area contributed by atoms with Crippen molar-refractivity contribution >= 4 is 34.6 Å². The maximum Gasteiger partial charge on any atom is 0.174 e. The zero-order valence-corrected chi connectivity index (χ0v) is 20.2. The Morgan fingerprint density at radius 1 is 1.00 bits per heavy atom. The number of pyridine rings is 1. The SMILES string of the molecule is Cc1cc(C2C(c3ccccn3)NC(=S)N2c2ccc(O)cc2)c(C)n1-c1cc(Cl)ccc1O. The second-order valence-corrected chi connectivity index (χ2v) is 9.13. The fourth-order valence-electron chi connectivity index (χ4n) is 4.70. The van der Waals surface area contributed by atoms with E-state index < -0.39 is 0 Å². The number of hydrogen-bond donors (Lipinski definition) is 3. The van der Waals surface area contributed by atoms with E-state index in [4.69, 9.17) is 23.8 Å². The third-order valence-electron chi connectivity index (χ3n) is 6.19. The van der Waals surface area contributed by atoms with Gasteiger partial charge in [-0.2, -0.15) is 0 Å². The smallest absolute Gasteiger partial charge is 0.174 e. The van der Waals surface area contributed by atoms with Crippen LogP contribution in [0.4, 0.5) is 5.69 Å². The number of phenols is 2. The van der Waals surface area contributed by atoms with Crippen molar-refractivity contribution in [3.05, 3.63) is 101 Å². The summed E-state index contributed by atoms with van der Waals surface area (Å²) < 4.78 is 2.00. The third-order valence-corrected chi connectivity index (χ3v) is 6.74. The molecule has 0 bridgehead atoms. The highest BCUT2D eigenvalue weighted by Gasteiger charge is 2.42. The van der Waals surface area contributed by atoms with E-state index in [1.54, 1.807) is 36.5 Å². The number of nitrogens with zero attached hydrogens (tertiary/aromatic N) is 3. The molecule has 1 saturated heterocycles. The van der Waals surface area contributed by atoms with E-state index in [2.05, 4.69) is 21.3 Å². The quantitative estimate of drug-likeness (QED) is 0.317. The van der Waals surface area contributed by atoms with Gasteiger partial charge in [0.25, 0.3) is 0 Å². The fraction of sp³-hybridized carbons (Fsp3) is 0.154. The average molecular weight is 491 g/mol. The monoisotopic (exact) mass is 490 g/mol. The highest BCUT2D eigenvalue weighted by Crippen LogP contribution is 2.44. The number of anilines is 1. The maximum atomic E-state index is 10.6. The first-order chi connectivity index (χ1) is 16.3. The van der Waals surface area contributed by atoms with Crippen LogP contribution in [0.3, 0.4) is 0 Å². The Balaban J connectivity index is 1.70. The number of aromatic nitrogens is 2. The van der Waals surface area contributed by atoms with E-state index in [9.17, 15) is 10.2 Å². The summed E-state index contributed by atoms with van der Waals surface area (Å²) in [7, 11) is 0. The topological polar surface area (TPSA) is 73.5 Å². The van der Waals surface area contributed by atoms with Gasteiger partial charge in [-0.1, -0.05) is 17.7 Å². The van der Waals surface area contributed by atoms with Gasteiger partial charge in [0.15, 0.2) is 5.11 Å². The van der Waals surface area contributed by atoms with E-state index in [0.29, 0.717) is 15.8 Å². The van der Waals surface area contributed by atoms with Gasteiger partial charge in [0.1, 0.15) is 11.5 Å². The van der Waals surface area contributed by atoms with Crippen LogP contribution in [0.25, 0.3) is 5.69 Å². The number of aryl methyl sites for hydroxylation is 1. The Kier molecular flexibility index (Phi) is 5.67. The molecule has 1 aliphatic heterocycles. The van der Waals surface area contributed by atoms with Crippen LogP contribution in [0.15, 0.2) is 72.9 Å². The van der Waals surface area contributed by atoms with Crippen molar-refractivity contribution in [3.63, 3.8) is 0 Å². The molecule has 2 aromatic carbocycles. The lowest BCUT2D eigenvalue weighted by Crippen LogP contribution is -2.29. The standard InChI is InChI=1S/C26H23ClN4O2S/c1-15-13-20(16(2)30(15)22-14-17(27)6-11-23(22)33)25-24(21-5-3-4-12-28-21)29-26(34)31(25)18-7-9-19(32)10-8-18/h3-14,24-25,32-33H,1-2H3,(H,29,34). The highest BCUT2D eigenvalue weighted by atomic mass is 35.5. The van der Waals surface area contributed by atoms with E-state index in [0.717, 1.165) is 28.3 Å². The van der Waals surface area contributed by atoms with Crippen molar-refractivity contribution in [2.75, 3.05) is 4.90 Å². The van der Waals surface area contributed by atoms with E-state index in [-0.39, 0.29) is 23.6 Å². The molecule has 2 unspecified atom stereocenters. The number of phenolic OH excluding ortho intramolecular Hbond substituents is 2. The lowest BCUT2D eigenvalue weighted by Gasteiger charge is -2.28. The van der Waals surface area contributed by atoms with Crippen LogP contribution < -0.4 is 10.2 Å². The minimum atomic E-state index is -0.215. The summed E-state index contributed by atoms with van der Waals surface area (Å²) in [4.78, 5) is 6.66. The number of nitrogens with one attached hydrogen (secondary N) is 1.